The molecule has 4 nitrogen and oxygen atoms in total. The molecule has 2 aromatic rings. The second kappa shape index (κ2) is 8.41. The lowest BCUT2D eigenvalue weighted by molar-refractivity contribution is -0.153. The summed E-state index contributed by atoms with van der Waals surface area (Å²) in [5, 5.41) is 11.6. The molecule has 2 rings (SSSR count). The normalized spacial score (nSPS) is 11.2. The lowest BCUT2D eigenvalue weighted by Gasteiger charge is -2.13. The number of nitrogens with zero attached hydrogens (tertiary/aromatic N) is 1. The van der Waals surface area contributed by atoms with Crippen LogP contribution in [-0.4, -0.2) is 18.7 Å². The van der Waals surface area contributed by atoms with Gasteiger partial charge in [-0.15, -0.1) is 0 Å². The predicted molar refractivity (Wildman–Crippen MR) is 91.8 cm³/mol. The second-order valence-electron chi connectivity index (χ2n) is 5.07. The number of carbonyl (C=O) groups is 1. The zero-order valence-electron chi connectivity index (χ0n) is 13.2. The lowest BCUT2D eigenvalue weighted by atomic mass is 10.1. The minimum atomic E-state index is -4.51. The molecule has 0 aliphatic carbocycles. The number of ether oxygens (including phenoxy) is 1. The maximum Gasteiger partial charge on any atom is 0.422 e. The minimum Gasteiger partial charge on any atom is -0.482 e. The molecule has 1 amide bonds. The van der Waals surface area contributed by atoms with Crippen LogP contribution in [0.5, 0.6) is 5.75 Å². The molecule has 0 spiro atoms. The van der Waals surface area contributed by atoms with E-state index in [-0.39, 0.29) is 16.5 Å². The fraction of sp³-hybridized carbons (Fsp3) is 0.111. The van der Waals surface area contributed by atoms with Crippen molar-refractivity contribution in [3.8, 4) is 11.8 Å². The first kappa shape index (κ1) is 19.3. The van der Waals surface area contributed by atoms with Gasteiger partial charge in [0.1, 0.15) is 5.75 Å². The Morgan fingerprint density at radius 1 is 1.27 bits per heavy atom. The van der Waals surface area contributed by atoms with E-state index in [9.17, 15) is 18.0 Å². The fourth-order valence-corrected chi connectivity index (χ4v) is 2.14. The molecule has 0 atom stereocenters. The lowest BCUT2D eigenvalue weighted by Crippen LogP contribution is -2.20. The maximum absolute atomic E-state index is 12.3. The van der Waals surface area contributed by atoms with E-state index < -0.39 is 18.7 Å². The first-order valence-corrected chi connectivity index (χ1v) is 7.63. The second-order valence-corrected chi connectivity index (χ2v) is 5.50. The molecule has 0 saturated carbocycles. The molecular weight excluding hydrogens is 369 g/mol. The van der Waals surface area contributed by atoms with Crippen molar-refractivity contribution in [3.63, 3.8) is 0 Å². The highest BCUT2D eigenvalue weighted by Gasteiger charge is 2.29. The van der Waals surface area contributed by atoms with Crippen LogP contribution in [0.3, 0.4) is 0 Å². The molecule has 0 aromatic heterocycles. The molecule has 0 aliphatic rings. The van der Waals surface area contributed by atoms with E-state index in [1.165, 1.54) is 24.3 Å². The van der Waals surface area contributed by atoms with E-state index in [4.69, 9.17) is 21.6 Å². The SMILES string of the molecule is N#Cc1ccccc1/C=C/C(=O)Nc1cc(Cl)ccc1OCC(F)(F)F. The molecule has 0 radical (unpaired) electrons. The van der Waals surface area contributed by atoms with Crippen molar-refractivity contribution in [2.75, 3.05) is 11.9 Å². The first-order chi connectivity index (χ1) is 12.3. The topological polar surface area (TPSA) is 62.1 Å². The molecule has 0 fully saturated rings. The Morgan fingerprint density at radius 3 is 2.69 bits per heavy atom. The van der Waals surface area contributed by atoms with Crippen LogP contribution in [0.1, 0.15) is 11.1 Å². The van der Waals surface area contributed by atoms with Crippen LogP contribution in [0.25, 0.3) is 6.08 Å². The Kier molecular flexibility index (Phi) is 6.26. The van der Waals surface area contributed by atoms with Crippen molar-refractivity contribution < 1.29 is 22.7 Å². The van der Waals surface area contributed by atoms with Crippen molar-refractivity contribution in [1.82, 2.24) is 0 Å². The van der Waals surface area contributed by atoms with Crippen LogP contribution in [0.4, 0.5) is 18.9 Å². The van der Waals surface area contributed by atoms with E-state index in [0.717, 1.165) is 6.08 Å². The van der Waals surface area contributed by atoms with E-state index in [2.05, 4.69) is 5.32 Å². The Labute approximate surface area is 152 Å². The molecule has 26 heavy (non-hydrogen) atoms. The third-order valence-corrected chi connectivity index (χ3v) is 3.32. The highest BCUT2D eigenvalue weighted by atomic mass is 35.5. The number of amides is 1. The number of hydrogen-bond acceptors (Lipinski definition) is 3. The molecule has 1 N–H and O–H groups in total. The molecule has 134 valence electrons. The summed E-state index contributed by atoms with van der Waals surface area (Å²) < 4.78 is 41.6. The van der Waals surface area contributed by atoms with E-state index >= 15 is 0 Å². The largest absolute Gasteiger partial charge is 0.482 e. The predicted octanol–water partition coefficient (Wildman–Crippen LogP) is 4.80. The third-order valence-electron chi connectivity index (χ3n) is 3.09. The number of nitriles is 1. The standard InChI is InChI=1S/C18H12ClF3N2O2/c19-14-6-7-16(26-11-18(20,21)22)15(9-14)24-17(25)8-5-12-3-1-2-4-13(12)10-23/h1-9H,11H2,(H,24,25)/b8-5+. The van der Waals surface area contributed by atoms with Crippen LogP contribution in [-0.2, 0) is 4.79 Å². The average Bonchev–Trinajstić information content (AvgIpc) is 2.58. The fourth-order valence-electron chi connectivity index (χ4n) is 1.97. The number of anilines is 1. The number of carbonyl (C=O) groups excluding carboxylic acids is 1. The van der Waals surface area contributed by atoms with Crippen LogP contribution >= 0.6 is 11.6 Å². The van der Waals surface area contributed by atoms with Gasteiger partial charge in [0, 0.05) is 11.1 Å². The molecule has 0 unspecified atom stereocenters. The van der Waals surface area contributed by atoms with Gasteiger partial charge in [-0.3, -0.25) is 4.79 Å². The Balaban J connectivity index is 2.14. The number of hydrogen-bond donors (Lipinski definition) is 1. The van der Waals surface area contributed by atoms with Gasteiger partial charge >= 0.3 is 6.18 Å². The third kappa shape index (κ3) is 5.83. The highest BCUT2D eigenvalue weighted by molar-refractivity contribution is 6.31. The minimum absolute atomic E-state index is 0.00460. The van der Waals surface area contributed by atoms with Crippen molar-refractivity contribution in [2.45, 2.75) is 6.18 Å². The van der Waals surface area contributed by atoms with Crippen LogP contribution in [0, 0.1) is 11.3 Å². The summed E-state index contributed by atoms with van der Waals surface area (Å²) in [5.41, 5.74) is 0.920. The van der Waals surface area contributed by atoms with Gasteiger partial charge < -0.3 is 10.1 Å². The quantitative estimate of drug-likeness (QED) is 0.757. The average molecular weight is 381 g/mol. The van der Waals surface area contributed by atoms with E-state index in [1.54, 1.807) is 24.3 Å². The number of rotatable bonds is 5. The molecule has 0 bridgehead atoms. The Hall–Kier alpha value is -2.98. The van der Waals surface area contributed by atoms with Gasteiger partial charge in [0.15, 0.2) is 6.61 Å². The number of halogens is 4. The molecule has 8 heteroatoms. The van der Waals surface area contributed by atoms with Gasteiger partial charge in [-0.1, -0.05) is 29.8 Å². The number of benzene rings is 2. The highest BCUT2D eigenvalue weighted by Crippen LogP contribution is 2.29. The summed E-state index contributed by atoms with van der Waals surface area (Å²) in [6, 6.07) is 12.5. The first-order valence-electron chi connectivity index (χ1n) is 7.26. The summed E-state index contributed by atoms with van der Waals surface area (Å²) in [4.78, 5) is 12.0. The Morgan fingerprint density at radius 2 is 2.00 bits per heavy atom. The molecule has 0 saturated heterocycles. The van der Waals surface area contributed by atoms with Crippen LogP contribution < -0.4 is 10.1 Å². The molecule has 0 aliphatic heterocycles. The van der Waals surface area contributed by atoms with Gasteiger partial charge in [0.25, 0.3) is 0 Å². The Bertz CT molecular complexity index is 873. The summed E-state index contributed by atoms with van der Waals surface area (Å²) in [6.07, 6.45) is -1.93. The van der Waals surface area contributed by atoms with Gasteiger partial charge in [-0.25, -0.2) is 0 Å². The zero-order chi connectivity index (χ0) is 19.2. The number of alkyl halides is 3. The van der Waals surface area contributed by atoms with Gasteiger partial charge in [0.2, 0.25) is 5.91 Å². The van der Waals surface area contributed by atoms with Crippen LogP contribution in [0.15, 0.2) is 48.5 Å². The van der Waals surface area contributed by atoms with Crippen molar-refractivity contribution in [1.29, 1.82) is 5.26 Å². The summed E-state index contributed by atoms with van der Waals surface area (Å²) in [7, 11) is 0. The van der Waals surface area contributed by atoms with Crippen molar-refractivity contribution >= 4 is 29.3 Å². The van der Waals surface area contributed by atoms with Gasteiger partial charge in [-0.2, -0.15) is 18.4 Å². The monoisotopic (exact) mass is 380 g/mol. The van der Waals surface area contributed by atoms with Crippen molar-refractivity contribution in [2.24, 2.45) is 0 Å². The smallest absolute Gasteiger partial charge is 0.422 e. The summed E-state index contributed by atoms with van der Waals surface area (Å²) in [6.45, 7) is -1.50. The van der Waals surface area contributed by atoms with Crippen molar-refractivity contribution in [3.05, 3.63) is 64.7 Å². The molecule has 2 aromatic carbocycles. The van der Waals surface area contributed by atoms with E-state index in [0.29, 0.717) is 11.1 Å². The number of nitrogens with one attached hydrogen (secondary N) is 1. The summed E-state index contributed by atoms with van der Waals surface area (Å²) >= 11 is 5.82. The van der Waals surface area contributed by atoms with Crippen LogP contribution in [0.2, 0.25) is 5.02 Å². The van der Waals surface area contributed by atoms with Gasteiger partial charge in [0.05, 0.1) is 17.3 Å². The maximum atomic E-state index is 12.3. The molecule has 0 heterocycles. The van der Waals surface area contributed by atoms with Gasteiger partial charge in [-0.05, 0) is 35.9 Å². The molecular formula is C18H12ClF3N2O2. The zero-order valence-corrected chi connectivity index (χ0v) is 13.9. The summed E-state index contributed by atoms with van der Waals surface area (Å²) in [5.74, 6) is -0.775. The van der Waals surface area contributed by atoms with E-state index in [1.807, 2.05) is 6.07 Å².